The van der Waals surface area contributed by atoms with E-state index in [9.17, 15) is 31.1 Å². The Bertz CT molecular complexity index is 306. The second kappa shape index (κ2) is 4.60. The zero-order valence-electron chi connectivity index (χ0n) is 9.03. The van der Waals surface area contributed by atoms with Crippen LogP contribution in [0.3, 0.4) is 0 Å². The van der Waals surface area contributed by atoms with Crippen molar-refractivity contribution in [2.45, 2.75) is 25.2 Å². The molecule has 2 N–H and O–H groups in total. The maximum absolute atomic E-state index is 12.2. The van der Waals surface area contributed by atoms with E-state index in [1.807, 2.05) is 0 Å². The molecule has 0 aromatic rings. The summed E-state index contributed by atoms with van der Waals surface area (Å²) in [6.45, 7) is -0.763. The van der Waals surface area contributed by atoms with Crippen LogP contribution in [0.15, 0.2) is 0 Å². The Kier molecular flexibility index (Phi) is 3.85. The Labute approximate surface area is 98.2 Å². The van der Waals surface area contributed by atoms with Gasteiger partial charge < -0.3 is 10.4 Å². The summed E-state index contributed by atoms with van der Waals surface area (Å²) in [4.78, 5) is 11.0. The average molecular weight is 279 g/mol. The summed E-state index contributed by atoms with van der Waals surface area (Å²) >= 11 is 0. The summed E-state index contributed by atoms with van der Waals surface area (Å²) in [5.74, 6) is -6.16. The number of amides is 1. The summed E-state index contributed by atoms with van der Waals surface area (Å²) in [6.07, 6.45) is -10.4. The van der Waals surface area contributed by atoms with Gasteiger partial charge in [0.25, 0.3) is 0 Å². The molecule has 0 unspecified atom stereocenters. The van der Waals surface area contributed by atoms with Gasteiger partial charge in [0.05, 0.1) is 6.61 Å². The molecule has 9 heteroatoms. The van der Waals surface area contributed by atoms with Gasteiger partial charge in [-0.3, -0.25) is 4.79 Å². The lowest BCUT2D eigenvalue weighted by Crippen LogP contribution is -2.49. The maximum atomic E-state index is 12.2. The van der Waals surface area contributed by atoms with Gasteiger partial charge in [0.15, 0.2) is 0 Å². The van der Waals surface area contributed by atoms with E-state index < -0.39 is 29.6 Å². The van der Waals surface area contributed by atoms with Crippen LogP contribution in [0.4, 0.5) is 26.3 Å². The van der Waals surface area contributed by atoms with Crippen LogP contribution < -0.4 is 5.32 Å². The molecule has 1 fully saturated rings. The van der Waals surface area contributed by atoms with E-state index >= 15 is 0 Å². The van der Waals surface area contributed by atoms with Gasteiger partial charge in [-0.1, -0.05) is 0 Å². The molecule has 0 spiro atoms. The van der Waals surface area contributed by atoms with Crippen molar-refractivity contribution >= 4 is 5.91 Å². The number of carbonyl (C=O) groups excluding carboxylic acids is 1. The molecule has 18 heavy (non-hydrogen) atoms. The molecular weight excluding hydrogens is 268 g/mol. The minimum absolute atomic E-state index is 0.379. The van der Waals surface area contributed by atoms with Gasteiger partial charge in [0, 0.05) is 12.0 Å². The van der Waals surface area contributed by atoms with E-state index in [0.29, 0.717) is 12.8 Å². The van der Waals surface area contributed by atoms with E-state index in [1.54, 1.807) is 5.32 Å². The number of rotatable bonds is 4. The lowest BCUT2D eigenvalue weighted by molar-refractivity contribution is -0.274. The SMILES string of the molecule is O=C(NCC1(CO)CC1)C(C(F)(F)F)C(F)(F)F. The molecule has 106 valence electrons. The summed E-state index contributed by atoms with van der Waals surface area (Å²) in [5, 5.41) is 10.4. The number of aliphatic hydroxyl groups is 1. The predicted molar refractivity (Wildman–Crippen MR) is 47.4 cm³/mol. The Hall–Kier alpha value is -0.990. The first-order chi connectivity index (χ1) is 8.02. The number of aliphatic hydroxyl groups excluding tert-OH is 1. The average Bonchev–Trinajstić information content (AvgIpc) is 2.90. The molecule has 3 nitrogen and oxygen atoms in total. The zero-order valence-corrected chi connectivity index (χ0v) is 9.03. The fraction of sp³-hybridized carbons (Fsp3) is 0.889. The van der Waals surface area contributed by atoms with Gasteiger partial charge in [0.2, 0.25) is 11.8 Å². The van der Waals surface area contributed by atoms with Crippen LogP contribution in [0.25, 0.3) is 0 Å². The van der Waals surface area contributed by atoms with Gasteiger partial charge in [0.1, 0.15) is 0 Å². The lowest BCUT2D eigenvalue weighted by atomic mass is 10.1. The van der Waals surface area contributed by atoms with Crippen LogP contribution >= 0.6 is 0 Å². The molecule has 0 atom stereocenters. The molecule has 1 amide bonds. The standard InChI is InChI=1S/C9H11F6NO2/c10-8(11,12)5(9(13,14)15)6(18)16-3-7(4-17)1-2-7/h5,17H,1-4H2,(H,16,18). The van der Waals surface area contributed by atoms with Crippen LogP contribution in [-0.2, 0) is 4.79 Å². The molecule has 1 rings (SSSR count). The zero-order chi connectivity index (χ0) is 14.2. The van der Waals surface area contributed by atoms with Gasteiger partial charge in [-0.2, -0.15) is 26.3 Å². The van der Waals surface area contributed by atoms with Crippen molar-refractivity contribution < 1.29 is 36.2 Å². The molecule has 1 saturated carbocycles. The highest BCUT2D eigenvalue weighted by Gasteiger charge is 2.61. The van der Waals surface area contributed by atoms with Crippen LogP contribution in [0.2, 0.25) is 0 Å². The van der Waals surface area contributed by atoms with Gasteiger partial charge in [-0.15, -0.1) is 0 Å². The van der Waals surface area contributed by atoms with Crippen molar-refractivity contribution in [1.82, 2.24) is 5.32 Å². The monoisotopic (exact) mass is 279 g/mol. The summed E-state index contributed by atoms with van der Waals surface area (Å²) < 4.78 is 72.9. The number of halogens is 6. The van der Waals surface area contributed by atoms with Crippen molar-refractivity contribution in [3.05, 3.63) is 0 Å². The number of nitrogens with one attached hydrogen (secondary N) is 1. The van der Waals surface area contributed by atoms with Gasteiger partial charge in [-0.25, -0.2) is 0 Å². The highest BCUT2D eigenvalue weighted by molar-refractivity contribution is 5.80. The molecular formula is C9H11F6NO2. The van der Waals surface area contributed by atoms with Crippen molar-refractivity contribution in [2.24, 2.45) is 11.3 Å². The minimum atomic E-state index is -5.68. The van der Waals surface area contributed by atoms with Crippen molar-refractivity contribution in [3.63, 3.8) is 0 Å². The molecule has 0 aromatic carbocycles. The van der Waals surface area contributed by atoms with Crippen LogP contribution in [0.5, 0.6) is 0 Å². The molecule has 0 radical (unpaired) electrons. The normalized spacial score (nSPS) is 18.9. The largest absolute Gasteiger partial charge is 0.409 e. The third-order valence-electron chi connectivity index (χ3n) is 2.85. The van der Waals surface area contributed by atoms with E-state index in [0.717, 1.165) is 0 Å². The fourth-order valence-electron chi connectivity index (χ4n) is 1.43. The first-order valence-corrected chi connectivity index (χ1v) is 5.04. The molecule has 0 bridgehead atoms. The minimum Gasteiger partial charge on any atom is -0.396 e. The third-order valence-corrected chi connectivity index (χ3v) is 2.85. The van der Waals surface area contributed by atoms with E-state index in [1.165, 1.54) is 0 Å². The van der Waals surface area contributed by atoms with E-state index in [2.05, 4.69) is 0 Å². The first kappa shape index (κ1) is 15.1. The summed E-state index contributed by atoms with van der Waals surface area (Å²) in [7, 11) is 0. The number of hydrogen-bond acceptors (Lipinski definition) is 2. The Morgan fingerprint density at radius 3 is 1.89 bits per heavy atom. The van der Waals surface area contributed by atoms with Crippen molar-refractivity contribution in [3.8, 4) is 0 Å². The Morgan fingerprint density at radius 2 is 1.61 bits per heavy atom. The van der Waals surface area contributed by atoms with Crippen LogP contribution in [0.1, 0.15) is 12.8 Å². The molecule has 0 heterocycles. The quantitative estimate of drug-likeness (QED) is 0.768. The number of hydrogen-bond donors (Lipinski definition) is 2. The molecule has 1 aliphatic carbocycles. The fourth-order valence-corrected chi connectivity index (χ4v) is 1.43. The van der Waals surface area contributed by atoms with E-state index in [4.69, 9.17) is 5.11 Å². The Morgan fingerprint density at radius 1 is 1.17 bits per heavy atom. The molecule has 0 saturated heterocycles. The lowest BCUT2D eigenvalue weighted by Gasteiger charge is -2.23. The number of alkyl halides is 6. The van der Waals surface area contributed by atoms with Crippen LogP contribution in [0, 0.1) is 11.3 Å². The molecule has 0 aromatic heterocycles. The predicted octanol–water partition coefficient (Wildman–Crippen LogP) is 1.62. The van der Waals surface area contributed by atoms with Crippen molar-refractivity contribution in [2.75, 3.05) is 13.2 Å². The maximum Gasteiger partial charge on any atom is 0.409 e. The summed E-state index contributed by atoms with van der Waals surface area (Å²) in [5.41, 5.74) is -0.753. The first-order valence-electron chi connectivity index (χ1n) is 5.04. The highest BCUT2D eigenvalue weighted by Crippen LogP contribution is 2.45. The Balaban J connectivity index is 2.67. The highest BCUT2D eigenvalue weighted by atomic mass is 19.4. The second-order valence-corrected chi connectivity index (χ2v) is 4.39. The third kappa shape index (κ3) is 3.50. The molecule has 0 aliphatic heterocycles. The van der Waals surface area contributed by atoms with E-state index in [-0.39, 0.29) is 13.2 Å². The van der Waals surface area contributed by atoms with Crippen LogP contribution in [-0.4, -0.2) is 36.5 Å². The summed E-state index contributed by atoms with van der Waals surface area (Å²) in [6, 6.07) is 0. The molecule has 1 aliphatic rings. The topological polar surface area (TPSA) is 49.3 Å². The van der Waals surface area contributed by atoms with Gasteiger partial charge in [-0.05, 0) is 12.8 Å². The van der Waals surface area contributed by atoms with Crippen molar-refractivity contribution in [1.29, 1.82) is 0 Å². The number of carbonyl (C=O) groups is 1. The second-order valence-electron chi connectivity index (χ2n) is 4.39. The smallest absolute Gasteiger partial charge is 0.396 e. The van der Waals surface area contributed by atoms with Gasteiger partial charge >= 0.3 is 12.4 Å².